The molecule has 2 unspecified atom stereocenters. The van der Waals surface area contributed by atoms with Crippen molar-refractivity contribution < 1.29 is 8.42 Å². The molecule has 0 saturated carbocycles. The number of allylic oxidation sites excluding steroid dienone is 1. The molecule has 3 nitrogen and oxygen atoms in total. The maximum atomic E-state index is 12.8. The van der Waals surface area contributed by atoms with Gasteiger partial charge in [-0.15, -0.1) is 0 Å². The van der Waals surface area contributed by atoms with Gasteiger partial charge in [-0.3, -0.25) is 4.90 Å². The second kappa shape index (κ2) is 5.07. The van der Waals surface area contributed by atoms with Crippen molar-refractivity contribution in [1.82, 2.24) is 4.90 Å². The molecule has 3 aliphatic rings. The first-order chi connectivity index (χ1) is 10.6. The number of benzene rings is 1. The number of fused-ring (bicyclic) bond motifs is 3. The van der Waals surface area contributed by atoms with E-state index >= 15 is 0 Å². The summed E-state index contributed by atoms with van der Waals surface area (Å²) in [5, 5.41) is 0. The van der Waals surface area contributed by atoms with Crippen LogP contribution in [0.1, 0.15) is 38.2 Å². The number of sulfone groups is 1. The summed E-state index contributed by atoms with van der Waals surface area (Å²) in [6.45, 7) is 3.25. The predicted molar refractivity (Wildman–Crippen MR) is 88.1 cm³/mol. The zero-order valence-corrected chi connectivity index (χ0v) is 13.6. The summed E-state index contributed by atoms with van der Waals surface area (Å²) in [5.74, 6) is 0. The normalized spacial score (nSPS) is 29.7. The summed E-state index contributed by atoms with van der Waals surface area (Å²) in [6.07, 6.45) is 8.53. The number of hydrogen-bond acceptors (Lipinski definition) is 3. The van der Waals surface area contributed by atoms with E-state index in [1.54, 1.807) is 12.1 Å². The van der Waals surface area contributed by atoms with Crippen LogP contribution in [-0.2, 0) is 9.84 Å². The fourth-order valence-corrected chi connectivity index (χ4v) is 5.95. The third kappa shape index (κ3) is 2.01. The van der Waals surface area contributed by atoms with Crippen LogP contribution in [0.25, 0.3) is 6.08 Å². The minimum atomic E-state index is -3.33. The van der Waals surface area contributed by atoms with Crippen LogP contribution in [0.4, 0.5) is 0 Å². The van der Waals surface area contributed by atoms with Gasteiger partial charge in [0.05, 0.1) is 9.80 Å². The minimum absolute atomic E-state index is 0.410. The van der Waals surface area contributed by atoms with Gasteiger partial charge in [-0.05, 0) is 49.1 Å². The van der Waals surface area contributed by atoms with Gasteiger partial charge in [0.15, 0.2) is 0 Å². The molecule has 4 rings (SSSR count). The Balaban J connectivity index is 1.77. The second-order valence-electron chi connectivity index (χ2n) is 6.43. The molecule has 0 amide bonds. The van der Waals surface area contributed by atoms with Gasteiger partial charge in [0.1, 0.15) is 0 Å². The topological polar surface area (TPSA) is 37.4 Å². The standard InChI is InChI=1S/C18H21NO2S/c1-2-19-15-7-5-8-16(19)11-14(10-15)18-12-13-6-3-4-9-17(13)22(18,20)21/h3-4,6,9-10,12,15-16H,2,5,7-8,11H2,1H3. The highest BCUT2D eigenvalue weighted by Gasteiger charge is 2.38. The molecule has 2 atom stereocenters. The lowest BCUT2D eigenvalue weighted by Crippen LogP contribution is -2.48. The van der Waals surface area contributed by atoms with Crippen molar-refractivity contribution in [1.29, 1.82) is 0 Å². The Morgan fingerprint density at radius 2 is 2.05 bits per heavy atom. The highest BCUT2D eigenvalue weighted by Crippen LogP contribution is 2.42. The molecule has 1 aromatic carbocycles. The van der Waals surface area contributed by atoms with E-state index in [2.05, 4.69) is 17.9 Å². The molecule has 0 N–H and O–H groups in total. The van der Waals surface area contributed by atoms with Crippen molar-refractivity contribution in [3.8, 4) is 0 Å². The van der Waals surface area contributed by atoms with Crippen molar-refractivity contribution in [3.63, 3.8) is 0 Å². The van der Waals surface area contributed by atoms with Gasteiger partial charge >= 0.3 is 0 Å². The molecule has 0 spiro atoms. The van der Waals surface area contributed by atoms with Crippen LogP contribution in [0.2, 0.25) is 0 Å². The molecule has 1 saturated heterocycles. The summed E-state index contributed by atoms with van der Waals surface area (Å²) < 4.78 is 25.7. The van der Waals surface area contributed by atoms with Gasteiger partial charge in [-0.25, -0.2) is 8.42 Å². The van der Waals surface area contributed by atoms with Gasteiger partial charge in [-0.1, -0.05) is 37.6 Å². The molecule has 3 aliphatic heterocycles. The molecule has 22 heavy (non-hydrogen) atoms. The summed E-state index contributed by atoms with van der Waals surface area (Å²) in [6, 6.07) is 8.22. The number of rotatable bonds is 2. The fourth-order valence-electron chi connectivity index (χ4n) is 4.24. The van der Waals surface area contributed by atoms with E-state index in [0.29, 0.717) is 21.9 Å². The predicted octanol–water partition coefficient (Wildman–Crippen LogP) is 3.39. The highest BCUT2D eigenvalue weighted by molar-refractivity contribution is 7.96. The Morgan fingerprint density at radius 3 is 2.77 bits per heavy atom. The highest BCUT2D eigenvalue weighted by atomic mass is 32.2. The summed E-state index contributed by atoms with van der Waals surface area (Å²) in [7, 11) is -3.33. The van der Waals surface area contributed by atoms with Gasteiger partial charge in [0.2, 0.25) is 9.84 Å². The third-order valence-corrected chi connectivity index (χ3v) is 7.16. The molecule has 116 valence electrons. The van der Waals surface area contributed by atoms with E-state index in [-0.39, 0.29) is 0 Å². The Hall–Kier alpha value is -1.39. The summed E-state index contributed by atoms with van der Waals surface area (Å²) in [5.41, 5.74) is 1.87. The average molecular weight is 315 g/mol. The molecule has 3 heterocycles. The number of likely N-dealkylation sites (N-methyl/N-ethyl adjacent to an activating group) is 1. The van der Waals surface area contributed by atoms with Crippen molar-refractivity contribution in [2.24, 2.45) is 0 Å². The maximum Gasteiger partial charge on any atom is 0.207 e. The Morgan fingerprint density at radius 1 is 1.23 bits per heavy atom. The SMILES string of the molecule is CCN1C2C=C(C3=Cc4ccccc4S3(=O)=O)CC1CCC2. The van der Waals surface area contributed by atoms with E-state index in [4.69, 9.17) is 0 Å². The van der Waals surface area contributed by atoms with Gasteiger partial charge in [0, 0.05) is 12.1 Å². The first kappa shape index (κ1) is 14.2. The zero-order valence-electron chi connectivity index (χ0n) is 12.8. The fraction of sp³-hybridized carbons (Fsp3) is 0.444. The van der Waals surface area contributed by atoms with Crippen LogP contribution in [0.3, 0.4) is 0 Å². The number of nitrogens with zero attached hydrogens (tertiary/aromatic N) is 1. The van der Waals surface area contributed by atoms with Crippen LogP contribution in [0.15, 0.2) is 45.7 Å². The molecule has 0 aliphatic carbocycles. The first-order valence-electron chi connectivity index (χ1n) is 8.14. The quantitative estimate of drug-likeness (QED) is 0.839. The van der Waals surface area contributed by atoms with Gasteiger partial charge < -0.3 is 0 Å². The van der Waals surface area contributed by atoms with E-state index in [9.17, 15) is 8.42 Å². The van der Waals surface area contributed by atoms with Crippen LogP contribution in [0, 0.1) is 0 Å². The van der Waals surface area contributed by atoms with Crippen molar-refractivity contribution >= 4 is 15.9 Å². The van der Waals surface area contributed by atoms with Gasteiger partial charge in [0.25, 0.3) is 0 Å². The smallest absolute Gasteiger partial charge is 0.207 e. The lowest BCUT2D eigenvalue weighted by Gasteiger charge is -2.44. The van der Waals surface area contributed by atoms with Gasteiger partial charge in [-0.2, -0.15) is 0 Å². The molecular formula is C18H21NO2S. The number of piperidine rings is 1. The van der Waals surface area contributed by atoms with E-state index < -0.39 is 9.84 Å². The lowest BCUT2D eigenvalue weighted by atomic mass is 9.85. The van der Waals surface area contributed by atoms with Crippen molar-refractivity contribution in [2.45, 2.75) is 49.6 Å². The molecule has 4 heteroatoms. The molecule has 1 fully saturated rings. The van der Waals surface area contributed by atoms with Crippen LogP contribution in [0.5, 0.6) is 0 Å². The molecule has 2 bridgehead atoms. The Kier molecular flexibility index (Phi) is 3.27. The minimum Gasteiger partial charge on any atom is -0.294 e. The lowest BCUT2D eigenvalue weighted by molar-refractivity contribution is 0.105. The molecular weight excluding hydrogens is 294 g/mol. The van der Waals surface area contributed by atoms with Crippen LogP contribution in [-0.4, -0.2) is 31.9 Å². The monoisotopic (exact) mass is 315 g/mol. The second-order valence-corrected chi connectivity index (χ2v) is 8.31. The zero-order chi connectivity index (χ0) is 15.3. The average Bonchev–Trinajstić information content (AvgIpc) is 2.78. The van der Waals surface area contributed by atoms with Crippen LogP contribution < -0.4 is 0 Å². The third-order valence-electron chi connectivity index (χ3n) is 5.25. The largest absolute Gasteiger partial charge is 0.294 e. The maximum absolute atomic E-state index is 12.8. The number of hydrogen-bond donors (Lipinski definition) is 0. The van der Waals surface area contributed by atoms with Crippen molar-refractivity contribution in [2.75, 3.05) is 6.54 Å². The molecule has 0 radical (unpaired) electrons. The van der Waals surface area contributed by atoms with E-state index in [1.807, 2.05) is 18.2 Å². The summed E-state index contributed by atoms with van der Waals surface area (Å²) in [4.78, 5) is 3.54. The Bertz CT molecular complexity index is 776. The van der Waals surface area contributed by atoms with Crippen LogP contribution >= 0.6 is 0 Å². The summed E-state index contributed by atoms with van der Waals surface area (Å²) >= 11 is 0. The Labute approximate surface area is 132 Å². The molecule has 0 aromatic heterocycles. The van der Waals surface area contributed by atoms with Crippen molar-refractivity contribution in [3.05, 3.63) is 46.4 Å². The van der Waals surface area contributed by atoms with E-state index in [1.165, 1.54) is 12.8 Å². The van der Waals surface area contributed by atoms with E-state index in [0.717, 1.165) is 30.5 Å². The first-order valence-corrected chi connectivity index (χ1v) is 9.62. The molecule has 1 aromatic rings.